The van der Waals surface area contributed by atoms with Gasteiger partial charge in [0, 0.05) is 18.5 Å². The first-order valence-electron chi connectivity index (χ1n) is 13.2. The Morgan fingerprint density at radius 1 is 1.00 bits per heavy atom. The number of benzene rings is 3. The van der Waals surface area contributed by atoms with E-state index in [1.165, 1.54) is 24.1 Å². The first-order chi connectivity index (χ1) is 19.2. The zero-order valence-corrected chi connectivity index (χ0v) is 25.9. The van der Waals surface area contributed by atoms with Gasteiger partial charge in [0.1, 0.15) is 18.3 Å². The molecule has 0 saturated carbocycles. The Hall–Kier alpha value is -3.56. The second-order valence-electron chi connectivity index (χ2n) is 11.0. The maximum absolute atomic E-state index is 14.2. The summed E-state index contributed by atoms with van der Waals surface area (Å²) >= 11 is 6.30. The number of carbonyl (C=O) groups excluding carboxylic acids is 2. The van der Waals surface area contributed by atoms with Crippen LogP contribution in [0.1, 0.15) is 37.5 Å². The van der Waals surface area contributed by atoms with E-state index in [-0.39, 0.29) is 29.6 Å². The minimum atomic E-state index is -3.91. The van der Waals surface area contributed by atoms with Gasteiger partial charge in [-0.2, -0.15) is 0 Å². The van der Waals surface area contributed by atoms with E-state index in [0.29, 0.717) is 5.75 Å². The molecule has 10 heteroatoms. The van der Waals surface area contributed by atoms with Crippen molar-refractivity contribution in [2.24, 2.45) is 0 Å². The highest BCUT2D eigenvalue weighted by atomic mass is 35.5. The third-order valence-electron chi connectivity index (χ3n) is 6.47. The number of carbonyl (C=O) groups is 2. The molecule has 0 spiro atoms. The molecule has 0 aliphatic rings. The smallest absolute Gasteiger partial charge is 0.244 e. The second kappa shape index (κ2) is 13.4. The van der Waals surface area contributed by atoms with Gasteiger partial charge in [0.25, 0.3) is 0 Å². The first-order valence-corrected chi connectivity index (χ1v) is 15.4. The summed E-state index contributed by atoms with van der Waals surface area (Å²) in [5.41, 5.74) is 2.32. The molecule has 0 radical (unpaired) electrons. The van der Waals surface area contributed by atoms with Crippen LogP contribution in [0.25, 0.3) is 0 Å². The monoisotopic (exact) mass is 599 g/mol. The van der Waals surface area contributed by atoms with E-state index < -0.39 is 34.1 Å². The highest BCUT2D eigenvalue weighted by Crippen LogP contribution is 2.30. The third kappa shape index (κ3) is 8.96. The molecule has 1 atom stereocenters. The Kier molecular flexibility index (Phi) is 10.4. The Bertz CT molecular complexity index is 1470. The molecule has 3 aromatic rings. The number of nitrogens with one attached hydrogen (secondary N) is 1. The number of sulfonamides is 1. The molecule has 3 rings (SSSR count). The van der Waals surface area contributed by atoms with Crippen molar-refractivity contribution in [3.8, 4) is 5.75 Å². The Morgan fingerprint density at radius 2 is 1.63 bits per heavy atom. The van der Waals surface area contributed by atoms with Gasteiger partial charge in [0.15, 0.2) is 0 Å². The lowest BCUT2D eigenvalue weighted by Crippen LogP contribution is -2.56. The van der Waals surface area contributed by atoms with Crippen LogP contribution in [0.4, 0.5) is 5.69 Å². The molecule has 0 saturated heterocycles. The predicted molar refractivity (Wildman–Crippen MR) is 164 cm³/mol. The van der Waals surface area contributed by atoms with E-state index in [1.54, 1.807) is 6.07 Å². The van der Waals surface area contributed by atoms with Crippen molar-refractivity contribution in [3.63, 3.8) is 0 Å². The summed E-state index contributed by atoms with van der Waals surface area (Å²) in [7, 11) is -2.46. The maximum Gasteiger partial charge on any atom is 0.244 e. The average Bonchev–Trinajstić information content (AvgIpc) is 2.89. The molecule has 0 aliphatic carbocycles. The van der Waals surface area contributed by atoms with Crippen LogP contribution in [0.15, 0.2) is 72.8 Å². The van der Waals surface area contributed by atoms with Gasteiger partial charge in [-0.25, -0.2) is 8.42 Å². The number of nitrogens with zero attached hydrogens (tertiary/aromatic N) is 2. The summed E-state index contributed by atoms with van der Waals surface area (Å²) in [4.78, 5) is 29.4. The van der Waals surface area contributed by atoms with Crippen molar-refractivity contribution in [1.82, 2.24) is 10.2 Å². The zero-order valence-electron chi connectivity index (χ0n) is 24.3. The fourth-order valence-electron chi connectivity index (χ4n) is 4.40. The van der Waals surface area contributed by atoms with Crippen LogP contribution in [-0.2, 0) is 32.6 Å². The van der Waals surface area contributed by atoms with Gasteiger partial charge in [-0.15, -0.1) is 0 Å². The van der Waals surface area contributed by atoms with E-state index >= 15 is 0 Å². The lowest BCUT2D eigenvalue weighted by Gasteiger charge is -2.35. The van der Waals surface area contributed by atoms with Crippen LogP contribution in [0.3, 0.4) is 0 Å². The molecule has 0 bridgehead atoms. The molecule has 0 unspecified atom stereocenters. The SMILES string of the molecule is COc1ccc(N(CC(=O)N(Cc2ccccc2C)[C@H](Cc2ccccc2)C(=O)NC(C)(C)C)S(C)(=O)=O)cc1Cl. The molecule has 220 valence electrons. The quantitative estimate of drug-likeness (QED) is 0.335. The average molecular weight is 600 g/mol. The van der Waals surface area contributed by atoms with Crippen molar-refractivity contribution in [2.75, 3.05) is 24.2 Å². The van der Waals surface area contributed by atoms with E-state index in [1.807, 2.05) is 82.3 Å². The van der Waals surface area contributed by atoms with Crippen molar-refractivity contribution >= 4 is 39.1 Å². The van der Waals surface area contributed by atoms with Crippen molar-refractivity contribution in [2.45, 2.75) is 52.2 Å². The van der Waals surface area contributed by atoms with E-state index in [0.717, 1.165) is 27.3 Å². The van der Waals surface area contributed by atoms with Gasteiger partial charge in [-0.05, 0) is 62.6 Å². The van der Waals surface area contributed by atoms with Crippen molar-refractivity contribution in [1.29, 1.82) is 0 Å². The van der Waals surface area contributed by atoms with Gasteiger partial charge in [0.05, 0.1) is 24.1 Å². The number of hydrogen-bond donors (Lipinski definition) is 1. The molecule has 0 aliphatic heterocycles. The minimum Gasteiger partial charge on any atom is -0.495 e. The number of hydrogen-bond acceptors (Lipinski definition) is 5. The molecule has 8 nitrogen and oxygen atoms in total. The van der Waals surface area contributed by atoms with Crippen LogP contribution in [0, 0.1) is 6.92 Å². The molecule has 2 amide bonds. The Balaban J connectivity index is 2.09. The van der Waals surface area contributed by atoms with E-state index in [2.05, 4.69) is 5.32 Å². The first kappa shape index (κ1) is 32.0. The molecular weight excluding hydrogens is 562 g/mol. The van der Waals surface area contributed by atoms with Crippen LogP contribution >= 0.6 is 11.6 Å². The summed E-state index contributed by atoms with van der Waals surface area (Å²) in [5, 5.41) is 3.22. The summed E-state index contributed by atoms with van der Waals surface area (Å²) in [6.07, 6.45) is 1.27. The van der Waals surface area contributed by atoms with Crippen LogP contribution < -0.4 is 14.4 Å². The largest absolute Gasteiger partial charge is 0.495 e. The number of ether oxygens (including phenoxy) is 1. The lowest BCUT2D eigenvalue weighted by molar-refractivity contribution is -0.140. The van der Waals surface area contributed by atoms with E-state index in [4.69, 9.17) is 16.3 Å². The number of methoxy groups -OCH3 is 1. The van der Waals surface area contributed by atoms with Gasteiger partial charge < -0.3 is 15.0 Å². The maximum atomic E-state index is 14.2. The summed E-state index contributed by atoms with van der Waals surface area (Å²) < 4.78 is 32.1. The highest BCUT2D eigenvalue weighted by Gasteiger charge is 2.34. The number of aryl methyl sites for hydroxylation is 1. The second-order valence-corrected chi connectivity index (χ2v) is 13.3. The van der Waals surface area contributed by atoms with Gasteiger partial charge in [0.2, 0.25) is 21.8 Å². The lowest BCUT2D eigenvalue weighted by atomic mass is 10.00. The van der Waals surface area contributed by atoms with Gasteiger partial charge in [-0.3, -0.25) is 13.9 Å². The Labute approximate surface area is 248 Å². The van der Waals surface area contributed by atoms with Crippen molar-refractivity contribution < 1.29 is 22.7 Å². The number of rotatable bonds is 11. The summed E-state index contributed by atoms with van der Waals surface area (Å²) in [6, 6.07) is 20.6. The molecule has 3 aromatic carbocycles. The topological polar surface area (TPSA) is 96.0 Å². The number of halogens is 1. The molecule has 1 N–H and O–H groups in total. The van der Waals surface area contributed by atoms with Crippen LogP contribution in [-0.4, -0.2) is 56.6 Å². The minimum absolute atomic E-state index is 0.113. The van der Waals surface area contributed by atoms with Crippen molar-refractivity contribution in [3.05, 3.63) is 94.5 Å². The number of anilines is 1. The molecule has 0 fully saturated rings. The predicted octanol–water partition coefficient (Wildman–Crippen LogP) is 4.98. The highest BCUT2D eigenvalue weighted by molar-refractivity contribution is 7.92. The number of amides is 2. The third-order valence-corrected chi connectivity index (χ3v) is 7.91. The molecular formula is C31H38ClN3O5S. The Morgan fingerprint density at radius 3 is 2.20 bits per heavy atom. The standard InChI is InChI=1S/C31H38ClN3O5S/c1-22-12-10-11-15-24(22)20-34(27(30(37)33-31(2,3)4)18-23-13-8-7-9-14-23)29(36)21-35(41(6,38)39)25-16-17-28(40-5)26(32)19-25/h7-17,19,27H,18,20-21H2,1-6H3,(H,33,37)/t27-/m1/s1. The van der Waals surface area contributed by atoms with Gasteiger partial charge in [-0.1, -0.05) is 66.2 Å². The molecule has 41 heavy (non-hydrogen) atoms. The molecule has 0 heterocycles. The van der Waals surface area contributed by atoms with Crippen LogP contribution in [0.2, 0.25) is 5.02 Å². The van der Waals surface area contributed by atoms with Gasteiger partial charge >= 0.3 is 0 Å². The summed E-state index contributed by atoms with van der Waals surface area (Å²) in [6.45, 7) is 7.13. The zero-order chi connectivity index (χ0) is 30.4. The summed E-state index contributed by atoms with van der Waals surface area (Å²) in [5.74, 6) is -0.490. The van der Waals surface area contributed by atoms with Crippen LogP contribution in [0.5, 0.6) is 5.75 Å². The normalized spacial score (nSPS) is 12.4. The fraction of sp³-hybridized carbons (Fsp3) is 0.355. The molecule has 0 aromatic heterocycles. The van der Waals surface area contributed by atoms with E-state index in [9.17, 15) is 18.0 Å². The fourth-order valence-corrected chi connectivity index (χ4v) is 5.50.